The Kier molecular flexibility index (Phi) is 6.85. The SMILES string of the molecule is CC(N)C1CCCCN1C(=O)c1cccc(Oc2ccccc2)c1.Cl. The minimum absolute atomic E-state index is 0. The molecular formula is C20H25ClN2O2. The highest BCUT2D eigenvalue weighted by molar-refractivity contribution is 5.95. The van der Waals surface area contributed by atoms with Gasteiger partial charge in [0.25, 0.3) is 5.91 Å². The van der Waals surface area contributed by atoms with Gasteiger partial charge in [-0.3, -0.25) is 4.79 Å². The molecule has 0 radical (unpaired) electrons. The molecule has 5 heteroatoms. The maximum Gasteiger partial charge on any atom is 0.254 e. The molecule has 1 fully saturated rings. The molecule has 2 aromatic rings. The highest BCUT2D eigenvalue weighted by Crippen LogP contribution is 2.25. The molecule has 0 bridgehead atoms. The Hall–Kier alpha value is -2.04. The van der Waals surface area contributed by atoms with Crippen molar-refractivity contribution in [2.24, 2.45) is 5.73 Å². The summed E-state index contributed by atoms with van der Waals surface area (Å²) in [4.78, 5) is 14.9. The van der Waals surface area contributed by atoms with Crippen molar-refractivity contribution in [3.8, 4) is 11.5 Å². The van der Waals surface area contributed by atoms with Gasteiger partial charge < -0.3 is 15.4 Å². The Morgan fingerprint density at radius 3 is 2.56 bits per heavy atom. The number of nitrogens with zero attached hydrogens (tertiary/aromatic N) is 1. The van der Waals surface area contributed by atoms with Gasteiger partial charge >= 0.3 is 0 Å². The fourth-order valence-corrected chi connectivity index (χ4v) is 3.24. The zero-order valence-electron chi connectivity index (χ0n) is 14.4. The Morgan fingerprint density at radius 1 is 1.12 bits per heavy atom. The van der Waals surface area contributed by atoms with Crippen molar-refractivity contribution < 1.29 is 9.53 Å². The first-order valence-corrected chi connectivity index (χ1v) is 8.54. The predicted molar refractivity (Wildman–Crippen MR) is 103 cm³/mol. The Bertz CT molecular complexity index is 691. The molecule has 2 unspecified atom stereocenters. The van der Waals surface area contributed by atoms with Crippen LogP contribution in [-0.2, 0) is 0 Å². The number of piperidine rings is 1. The molecule has 2 aromatic carbocycles. The summed E-state index contributed by atoms with van der Waals surface area (Å²) in [5.41, 5.74) is 6.74. The highest BCUT2D eigenvalue weighted by atomic mass is 35.5. The van der Waals surface area contributed by atoms with Crippen LogP contribution < -0.4 is 10.5 Å². The average Bonchev–Trinajstić information content (AvgIpc) is 2.62. The zero-order valence-corrected chi connectivity index (χ0v) is 15.2. The lowest BCUT2D eigenvalue weighted by atomic mass is 9.96. The van der Waals surface area contributed by atoms with Gasteiger partial charge in [-0.25, -0.2) is 0 Å². The van der Waals surface area contributed by atoms with E-state index in [-0.39, 0.29) is 30.4 Å². The minimum atomic E-state index is -0.0157. The molecule has 0 spiro atoms. The number of carbonyl (C=O) groups excluding carboxylic acids is 1. The lowest BCUT2D eigenvalue weighted by molar-refractivity contribution is 0.0583. The van der Waals surface area contributed by atoms with Crippen molar-refractivity contribution in [1.82, 2.24) is 4.90 Å². The number of para-hydroxylation sites is 1. The summed E-state index contributed by atoms with van der Waals surface area (Å²) < 4.78 is 5.84. The van der Waals surface area contributed by atoms with Gasteiger partial charge in [-0.05, 0) is 56.5 Å². The fourth-order valence-electron chi connectivity index (χ4n) is 3.24. The molecule has 2 N–H and O–H groups in total. The number of ether oxygens (including phenoxy) is 1. The van der Waals surface area contributed by atoms with Crippen LogP contribution in [0.2, 0.25) is 0 Å². The Balaban J connectivity index is 0.00000225. The van der Waals surface area contributed by atoms with E-state index in [0.29, 0.717) is 11.3 Å². The summed E-state index contributed by atoms with van der Waals surface area (Å²) >= 11 is 0. The second kappa shape index (κ2) is 8.88. The van der Waals surface area contributed by atoms with E-state index < -0.39 is 0 Å². The molecule has 1 aliphatic rings. The molecule has 0 aliphatic carbocycles. The van der Waals surface area contributed by atoms with Gasteiger partial charge in [-0.15, -0.1) is 12.4 Å². The fraction of sp³-hybridized carbons (Fsp3) is 0.350. The highest BCUT2D eigenvalue weighted by Gasteiger charge is 2.29. The normalized spacial score (nSPS) is 18.2. The van der Waals surface area contributed by atoms with Gasteiger partial charge in [0, 0.05) is 24.2 Å². The predicted octanol–water partition coefficient (Wildman–Crippen LogP) is 4.24. The summed E-state index contributed by atoms with van der Waals surface area (Å²) in [5, 5.41) is 0. The second-order valence-electron chi connectivity index (χ2n) is 6.36. The molecular weight excluding hydrogens is 336 g/mol. The summed E-state index contributed by atoms with van der Waals surface area (Å²) in [6, 6.07) is 17.0. The largest absolute Gasteiger partial charge is 0.457 e. The number of hydrogen-bond acceptors (Lipinski definition) is 3. The molecule has 0 saturated carbocycles. The lowest BCUT2D eigenvalue weighted by Gasteiger charge is -2.38. The van der Waals surface area contributed by atoms with Crippen molar-refractivity contribution in [3.63, 3.8) is 0 Å². The first-order chi connectivity index (χ1) is 11.6. The number of halogens is 1. The van der Waals surface area contributed by atoms with Crippen LogP contribution in [-0.4, -0.2) is 29.4 Å². The third-order valence-corrected chi connectivity index (χ3v) is 4.48. The average molecular weight is 361 g/mol. The van der Waals surface area contributed by atoms with E-state index in [0.717, 1.165) is 31.6 Å². The van der Waals surface area contributed by atoms with E-state index in [1.807, 2.05) is 66.4 Å². The third kappa shape index (κ3) is 4.74. The number of hydrogen-bond donors (Lipinski definition) is 1. The van der Waals surface area contributed by atoms with Gasteiger partial charge in [-0.1, -0.05) is 24.3 Å². The molecule has 25 heavy (non-hydrogen) atoms. The van der Waals surface area contributed by atoms with Crippen LogP contribution in [0.4, 0.5) is 0 Å². The van der Waals surface area contributed by atoms with E-state index in [4.69, 9.17) is 10.5 Å². The van der Waals surface area contributed by atoms with Gasteiger partial charge in [0.2, 0.25) is 0 Å². The third-order valence-electron chi connectivity index (χ3n) is 4.48. The van der Waals surface area contributed by atoms with Gasteiger partial charge in [0.05, 0.1) is 0 Å². The molecule has 1 saturated heterocycles. The molecule has 1 heterocycles. The summed E-state index contributed by atoms with van der Waals surface area (Å²) in [7, 11) is 0. The van der Waals surface area contributed by atoms with Crippen molar-refractivity contribution >= 4 is 18.3 Å². The number of rotatable bonds is 4. The molecule has 1 amide bonds. The smallest absolute Gasteiger partial charge is 0.254 e. The number of amides is 1. The summed E-state index contributed by atoms with van der Waals surface area (Å²) in [6.45, 7) is 2.75. The van der Waals surface area contributed by atoms with Crippen LogP contribution in [0.3, 0.4) is 0 Å². The second-order valence-corrected chi connectivity index (χ2v) is 6.36. The van der Waals surface area contributed by atoms with Gasteiger partial charge in [0.1, 0.15) is 11.5 Å². The monoisotopic (exact) mass is 360 g/mol. The van der Waals surface area contributed by atoms with E-state index in [2.05, 4.69) is 0 Å². The molecule has 2 atom stereocenters. The Morgan fingerprint density at radius 2 is 1.84 bits per heavy atom. The Labute approximate surface area is 155 Å². The van der Waals surface area contributed by atoms with E-state index in [9.17, 15) is 4.79 Å². The van der Waals surface area contributed by atoms with Crippen LogP contribution >= 0.6 is 12.4 Å². The standard InChI is InChI=1S/C20H24N2O2.ClH/c1-15(21)19-12-5-6-13-22(19)20(23)16-8-7-11-18(14-16)24-17-9-3-2-4-10-17;/h2-4,7-11,14-15,19H,5-6,12-13,21H2,1H3;1H. The molecule has 4 nitrogen and oxygen atoms in total. The van der Waals surface area contributed by atoms with Crippen LogP contribution in [0.1, 0.15) is 36.5 Å². The summed E-state index contributed by atoms with van der Waals surface area (Å²) in [6.07, 6.45) is 3.14. The van der Waals surface area contributed by atoms with Crippen molar-refractivity contribution in [1.29, 1.82) is 0 Å². The number of benzene rings is 2. The quantitative estimate of drug-likeness (QED) is 0.887. The first kappa shape index (κ1) is 19.3. The molecule has 134 valence electrons. The van der Waals surface area contributed by atoms with E-state index >= 15 is 0 Å². The van der Waals surface area contributed by atoms with Crippen LogP contribution in [0.5, 0.6) is 11.5 Å². The lowest BCUT2D eigenvalue weighted by Crippen LogP contribution is -2.51. The topological polar surface area (TPSA) is 55.6 Å². The van der Waals surface area contributed by atoms with Gasteiger partial charge in [-0.2, -0.15) is 0 Å². The van der Waals surface area contributed by atoms with Gasteiger partial charge in [0.15, 0.2) is 0 Å². The van der Waals surface area contributed by atoms with Crippen LogP contribution in [0.25, 0.3) is 0 Å². The van der Waals surface area contributed by atoms with Crippen LogP contribution in [0, 0.1) is 0 Å². The zero-order chi connectivity index (χ0) is 16.9. The maximum absolute atomic E-state index is 12.9. The molecule has 1 aliphatic heterocycles. The summed E-state index contributed by atoms with van der Waals surface area (Å²) in [5.74, 6) is 1.46. The first-order valence-electron chi connectivity index (χ1n) is 8.54. The van der Waals surface area contributed by atoms with E-state index in [1.54, 1.807) is 0 Å². The van der Waals surface area contributed by atoms with Crippen molar-refractivity contribution in [2.75, 3.05) is 6.54 Å². The minimum Gasteiger partial charge on any atom is -0.457 e. The molecule has 3 rings (SSSR count). The van der Waals surface area contributed by atoms with Crippen molar-refractivity contribution in [2.45, 2.75) is 38.3 Å². The number of carbonyl (C=O) groups is 1. The number of likely N-dealkylation sites (tertiary alicyclic amines) is 1. The van der Waals surface area contributed by atoms with Crippen molar-refractivity contribution in [3.05, 3.63) is 60.2 Å². The van der Waals surface area contributed by atoms with E-state index in [1.165, 1.54) is 0 Å². The maximum atomic E-state index is 12.9. The number of nitrogens with two attached hydrogens (primary N) is 1. The van der Waals surface area contributed by atoms with Crippen LogP contribution in [0.15, 0.2) is 54.6 Å². The molecule has 0 aromatic heterocycles.